The van der Waals surface area contributed by atoms with Crippen LogP contribution in [0.3, 0.4) is 0 Å². The predicted octanol–water partition coefficient (Wildman–Crippen LogP) is 3.03. The number of halogens is 1. The fourth-order valence-electron chi connectivity index (χ4n) is 1.53. The lowest BCUT2D eigenvalue weighted by atomic mass is 9.99. The highest BCUT2D eigenvalue weighted by Crippen LogP contribution is 2.15. The van der Waals surface area contributed by atoms with E-state index >= 15 is 0 Å². The Kier molecular flexibility index (Phi) is 3.35. The van der Waals surface area contributed by atoms with Crippen molar-refractivity contribution in [2.24, 2.45) is 0 Å². The summed E-state index contributed by atoms with van der Waals surface area (Å²) in [5, 5.41) is 0.566. The van der Waals surface area contributed by atoms with E-state index in [1.165, 1.54) is 0 Å². The average molecular weight is 244 g/mol. The lowest BCUT2D eigenvalue weighted by molar-refractivity contribution is 0.103. The molecular weight excluding hydrogens is 236 g/mol. The molecule has 2 aromatic rings. The third-order valence-corrected chi connectivity index (χ3v) is 2.64. The molecule has 0 aliphatic heterocycles. The van der Waals surface area contributed by atoms with Gasteiger partial charge in [0.15, 0.2) is 5.78 Å². The van der Waals surface area contributed by atoms with Gasteiger partial charge in [-0.15, -0.1) is 0 Å². The first-order valence-electron chi connectivity index (χ1n) is 5.00. The van der Waals surface area contributed by atoms with E-state index in [-0.39, 0.29) is 11.3 Å². The minimum Gasteiger partial charge on any atom is -0.289 e. The van der Waals surface area contributed by atoms with Crippen LogP contribution in [0, 0.1) is 0 Å². The second-order valence-electron chi connectivity index (χ2n) is 3.48. The van der Waals surface area contributed by atoms with Gasteiger partial charge >= 0.3 is 0 Å². The second-order valence-corrected chi connectivity index (χ2v) is 3.92. The monoisotopic (exact) mass is 243 g/mol. The summed E-state index contributed by atoms with van der Waals surface area (Å²) in [5.74, 6) is -0.208. The molecule has 0 N–H and O–H groups in total. The van der Waals surface area contributed by atoms with E-state index in [1.54, 1.807) is 54.8 Å². The Balaban J connectivity index is 2.43. The van der Waals surface area contributed by atoms with E-state index in [2.05, 4.69) is 0 Å². The van der Waals surface area contributed by atoms with Crippen LogP contribution in [0.2, 0.25) is 5.02 Å². The number of hydrogen-bond acceptors (Lipinski definition) is 2. The number of carbonyl (C=O) groups is 1. The molecule has 0 aliphatic carbocycles. The van der Waals surface area contributed by atoms with Gasteiger partial charge in [-0.25, -0.2) is 0 Å². The minimum absolute atomic E-state index is 0.208. The van der Waals surface area contributed by atoms with Crippen LogP contribution in [-0.2, 0) is 4.79 Å². The van der Waals surface area contributed by atoms with E-state index in [9.17, 15) is 9.59 Å². The molecule has 0 aliphatic rings. The quantitative estimate of drug-likeness (QED) is 0.777. The van der Waals surface area contributed by atoms with E-state index in [0.29, 0.717) is 16.1 Å². The molecule has 0 saturated carbocycles. The number of hydrogen-bond donors (Lipinski definition) is 0. The van der Waals surface area contributed by atoms with Gasteiger partial charge in [-0.3, -0.25) is 9.59 Å². The molecule has 2 rings (SSSR count). The Hall–Kier alpha value is -1.93. The maximum Gasteiger partial charge on any atom is 0.234 e. The van der Waals surface area contributed by atoms with Gasteiger partial charge in [0.25, 0.3) is 0 Å². The van der Waals surface area contributed by atoms with Crippen molar-refractivity contribution in [3.8, 4) is 0 Å². The van der Waals surface area contributed by atoms with Crippen molar-refractivity contribution in [1.82, 2.24) is 0 Å². The molecule has 0 fully saturated rings. The van der Waals surface area contributed by atoms with Crippen molar-refractivity contribution in [3.63, 3.8) is 0 Å². The lowest BCUT2D eigenvalue weighted by Crippen LogP contribution is -2.04. The molecule has 83 valence electrons. The first-order valence-corrected chi connectivity index (χ1v) is 5.37. The number of rotatable bonds is 3. The zero-order valence-corrected chi connectivity index (χ0v) is 9.57. The smallest absolute Gasteiger partial charge is 0.234 e. The van der Waals surface area contributed by atoms with Crippen molar-refractivity contribution < 1.29 is 9.59 Å². The van der Waals surface area contributed by atoms with Crippen LogP contribution in [0.5, 0.6) is 0 Å². The Morgan fingerprint density at radius 3 is 2.29 bits per heavy atom. The summed E-state index contributed by atoms with van der Waals surface area (Å²) in [6, 6.07) is 13.1. The minimum atomic E-state index is -0.208. The van der Waals surface area contributed by atoms with Crippen LogP contribution in [0.25, 0.3) is 0 Å². The summed E-state index contributed by atoms with van der Waals surface area (Å²) in [6.07, 6.45) is 1.76. The van der Waals surface area contributed by atoms with E-state index in [0.717, 1.165) is 0 Å². The Labute approximate surface area is 104 Å². The van der Waals surface area contributed by atoms with Crippen LogP contribution in [0.15, 0.2) is 48.5 Å². The van der Waals surface area contributed by atoms with E-state index in [4.69, 9.17) is 11.6 Å². The summed E-state index contributed by atoms with van der Waals surface area (Å²) >= 11 is 5.75. The standard InChI is InChI=1S/C14H8ClO2/c15-12-7-5-10(6-8-12)14(17)13-4-2-1-3-11(13)9-16/h1-8H. The fraction of sp³-hybridized carbons (Fsp3) is 0. The van der Waals surface area contributed by atoms with Crippen molar-refractivity contribution in [1.29, 1.82) is 0 Å². The molecule has 17 heavy (non-hydrogen) atoms. The molecule has 2 nitrogen and oxygen atoms in total. The van der Waals surface area contributed by atoms with Gasteiger partial charge in [0, 0.05) is 21.7 Å². The molecule has 0 unspecified atom stereocenters. The van der Waals surface area contributed by atoms with Gasteiger partial charge in [0.1, 0.15) is 0 Å². The predicted molar refractivity (Wildman–Crippen MR) is 66.1 cm³/mol. The average Bonchev–Trinajstić information content (AvgIpc) is 2.39. The highest BCUT2D eigenvalue weighted by atomic mass is 35.5. The number of benzene rings is 2. The van der Waals surface area contributed by atoms with Crippen molar-refractivity contribution in [3.05, 3.63) is 70.2 Å². The topological polar surface area (TPSA) is 34.1 Å². The third-order valence-electron chi connectivity index (χ3n) is 2.39. The van der Waals surface area contributed by atoms with Gasteiger partial charge in [-0.2, -0.15) is 0 Å². The largest absolute Gasteiger partial charge is 0.289 e. The normalized spacial score (nSPS) is 9.94. The van der Waals surface area contributed by atoms with E-state index in [1.807, 2.05) is 0 Å². The highest BCUT2D eigenvalue weighted by molar-refractivity contribution is 6.30. The molecule has 1 radical (unpaired) electrons. The Morgan fingerprint density at radius 2 is 1.65 bits per heavy atom. The summed E-state index contributed by atoms with van der Waals surface area (Å²) in [4.78, 5) is 22.8. The second kappa shape index (κ2) is 4.93. The zero-order valence-electron chi connectivity index (χ0n) is 8.81. The first-order chi connectivity index (χ1) is 8.22. The van der Waals surface area contributed by atoms with Gasteiger partial charge in [-0.05, 0) is 24.3 Å². The summed E-state index contributed by atoms with van der Waals surface area (Å²) < 4.78 is 0. The number of ketones is 1. The van der Waals surface area contributed by atoms with Crippen LogP contribution in [0.1, 0.15) is 21.5 Å². The summed E-state index contributed by atoms with van der Waals surface area (Å²) in [6.45, 7) is 0. The summed E-state index contributed by atoms with van der Waals surface area (Å²) in [5.41, 5.74) is 1.12. The van der Waals surface area contributed by atoms with Crippen molar-refractivity contribution in [2.75, 3.05) is 0 Å². The SMILES string of the molecule is O=[C]c1ccccc1C(=O)c1ccc(Cl)cc1. The van der Waals surface area contributed by atoms with Crippen LogP contribution in [0.4, 0.5) is 0 Å². The molecule has 3 heteroatoms. The third kappa shape index (κ3) is 2.43. The molecule has 0 amide bonds. The summed E-state index contributed by atoms with van der Waals surface area (Å²) in [7, 11) is 0. The molecular formula is C14H8ClO2. The van der Waals surface area contributed by atoms with Gasteiger partial charge < -0.3 is 0 Å². The molecule has 0 spiro atoms. The Bertz CT molecular complexity index is 559. The molecule has 2 aromatic carbocycles. The maximum absolute atomic E-state index is 12.1. The zero-order chi connectivity index (χ0) is 12.3. The van der Waals surface area contributed by atoms with Gasteiger partial charge in [0.2, 0.25) is 6.29 Å². The molecule has 0 heterocycles. The molecule has 0 atom stereocenters. The van der Waals surface area contributed by atoms with Crippen LogP contribution in [-0.4, -0.2) is 12.1 Å². The van der Waals surface area contributed by atoms with Gasteiger partial charge in [0.05, 0.1) is 0 Å². The molecule has 0 bridgehead atoms. The van der Waals surface area contributed by atoms with Crippen LogP contribution >= 0.6 is 11.6 Å². The van der Waals surface area contributed by atoms with Crippen LogP contribution < -0.4 is 0 Å². The van der Waals surface area contributed by atoms with Crippen molar-refractivity contribution in [2.45, 2.75) is 0 Å². The first kappa shape index (κ1) is 11.6. The fourth-order valence-corrected chi connectivity index (χ4v) is 1.65. The van der Waals surface area contributed by atoms with Gasteiger partial charge in [-0.1, -0.05) is 35.9 Å². The van der Waals surface area contributed by atoms with E-state index < -0.39 is 0 Å². The van der Waals surface area contributed by atoms with Crippen molar-refractivity contribution >= 4 is 23.7 Å². The molecule has 0 saturated heterocycles. The molecule has 0 aromatic heterocycles. The highest BCUT2D eigenvalue weighted by Gasteiger charge is 2.12. The Morgan fingerprint density at radius 1 is 1.00 bits per heavy atom. The number of carbonyl (C=O) groups excluding carboxylic acids is 2. The lowest BCUT2D eigenvalue weighted by Gasteiger charge is -2.03. The maximum atomic E-state index is 12.1.